The van der Waals surface area contributed by atoms with Gasteiger partial charge in [0, 0.05) is 22.4 Å². The number of phenols is 1. The number of phenolic OH excluding ortho intramolecular Hbond substituents is 1. The molecule has 3 aromatic rings. The lowest BCUT2D eigenvalue weighted by Gasteiger charge is -2.11. The zero-order valence-corrected chi connectivity index (χ0v) is 13.0. The van der Waals surface area contributed by atoms with E-state index < -0.39 is 0 Å². The Balaban J connectivity index is 2.15. The first kappa shape index (κ1) is 15.1. The summed E-state index contributed by atoms with van der Waals surface area (Å²) in [5.41, 5.74) is 3.13. The fourth-order valence-electron chi connectivity index (χ4n) is 2.20. The number of nitrogens with one attached hydrogen (secondary N) is 2. The Morgan fingerprint density at radius 1 is 1.35 bits per heavy atom. The Hall–Kier alpha value is -2.86. The van der Waals surface area contributed by atoms with Crippen LogP contribution in [-0.4, -0.2) is 26.4 Å². The summed E-state index contributed by atoms with van der Waals surface area (Å²) in [6.45, 7) is 5.21. The topological polar surface area (TPSA) is 90.9 Å². The van der Waals surface area contributed by atoms with Gasteiger partial charge in [0.1, 0.15) is 11.3 Å². The molecular formula is C16H13ClN4O2. The summed E-state index contributed by atoms with van der Waals surface area (Å²) in [6.07, 6.45) is 0. The molecule has 0 aliphatic heterocycles. The van der Waals surface area contributed by atoms with Crippen molar-refractivity contribution >= 4 is 34.2 Å². The molecular weight excluding hydrogens is 316 g/mol. The number of aromatic amines is 1. The lowest BCUT2D eigenvalue weighted by Crippen LogP contribution is -2.11. The zero-order chi connectivity index (χ0) is 16.6. The summed E-state index contributed by atoms with van der Waals surface area (Å²) in [5, 5.41) is 23.9. The van der Waals surface area contributed by atoms with Crippen molar-refractivity contribution in [3.8, 4) is 16.9 Å². The van der Waals surface area contributed by atoms with Crippen molar-refractivity contribution in [3.05, 3.63) is 47.5 Å². The normalized spacial score (nSPS) is 10.7. The number of rotatable bonds is 3. The van der Waals surface area contributed by atoms with Gasteiger partial charge in [0.15, 0.2) is 0 Å². The molecule has 0 bridgehead atoms. The number of fused-ring (bicyclic) bond motifs is 1. The first-order valence-electron chi connectivity index (χ1n) is 6.77. The number of halogens is 1. The molecule has 0 saturated carbocycles. The van der Waals surface area contributed by atoms with E-state index in [0.29, 0.717) is 38.4 Å². The van der Waals surface area contributed by atoms with Crippen LogP contribution in [0.15, 0.2) is 42.5 Å². The number of aromatic hydroxyl groups is 1. The van der Waals surface area contributed by atoms with Crippen molar-refractivity contribution in [3.63, 3.8) is 0 Å². The highest BCUT2D eigenvalue weighted by Gasteiger charge is 2.16. The quantitative estimate of drug-likeness (QED) is 0.507. The summed E-state index contributed by atoms with van der Waals surface area (Å²) in [4.78, 5) is 11.8. The third kappa shape index (κ3) is 2.76. The first-order valence-corrected chi connectivity index (χ1v) is 7.14. The van der Waals surface area contributed by atoms with Gasteiger partial charge in [-0.05, 0) is 37.3 Å². The molecule has 0 unspecified atom stereocenters. The molecule has 3 rings (SSSR count). The summed E-state index contributed by atoms with van der Waals surface area (Å²) < 4.78 is 0. The van der Waals surface area contributed by atoms with Crippen LogP contribution in [0.4, 0.5) is 5.69 Å². The Bertz CT molecular complexity index is 933. The molecule has 1 heterocycles. The van der Waals surface area contributed by atoms with Crippen LogP contribution in [0.2, 0.25) is 5.02 Å². The van der Waals surface area contributed by atoms with Gasteiger partial charge in [-0.15, -0.1) is 5.10 Å². The Morgan fingerprint density at radius 2 is 2.13 bits per heavy atom. The monoisotopic (exact) mass is 328 g/mol. The molecule has 6 nitrogen and oxygen atoms in total. The average Bonchev–Trinajstić information content (AvgIpc) is 2.98. The molecule has 0 aliphatic rings. The van der Waals surface area contributed by atoms with E-state index in [2.05, 4.69) is 27.3 Å². The number of amides is 1. The summed E-state index contributed by atoms with van der Waals surface area (Å²) >= 11 is 6.28. The van der Waals surface area contributed by atoms with Gasteiger partial charge in [-0.3, -0.25) is 9.89 Å². The van der Waals surface area contributed by atoms with Gasteiger partial charge in [0.25, 0.3) is 5.91 Å². The fraction of sp³-hybridized carbons (Fsp3) is 0.0625. The van der Waals surface area contributed by atoms with E-state index in [1.165, 1.54) is 6.07 Å². The maximum Gasteiger partial charge on any atom is 0.250 e. The van der Waals surface area contributed by atoms with E-state index in [1.54, 1.807) is 31.2 Å². The SMILES string of the molecule is C=C(C)C(=O)Nc1ccc(O)c(-c2c(Cl)ccc3[nH]nnc23)c1. The minimum absolute atomic E-state index is 0.0238. The largest absolute Gasteiger partial charge is 0.507 e. The number of nitrogens with zero attached hydrogens (tertiary/aromatic N) is 2. The third-order valence-electron chi connectivity index (χ3n) is 3.36. The predicted octanol–water partition coefficient (Wildman–Crippen LogP) is 3.50. The highest BCUT2D eigenvalue weighted by Crippen LogP contribution is 2.39. The maximum absolute atomic E-state index is 11.8. The van der Waals surface area contributed by atoms with Crippen LogP contribution in [0, 0.1) is 0 Å². The van der Waals surface area contributed by atoms with Crippen molar-refractivity contribution in [2.24, 2.45) is 0 Å². The molecule has 0 radical (unpaired) electrons. The van der Waals surface area contributed by atoms with Gasteiger partial charge in [-0.2, -0.15) is 0 Å². The van der Waals surface area contributed by atoms with Gasteiger partial charge in [0.2, 0.25) is 0 Å². The third-order valence-corrected chi connectivity index (χ3v) is 3.67. The van der Waals surface area contributed by atoms with Crippen LogP contribution in [0.1, 0.15) is 6.92 Å². The van der Waals surface area contributed by atoms with Gasteiger partial charge in [-0.25, -0.2) is 0 Å². The standard InChI is InChI=1S/C16H13ClN4O2/c1-8(2)16(23)18-9-3-6-13(22)10(7-9)14-11(17)4-5-12-15(14)20-21-19-12/h3-7,22H,1H2,2H3,(H,18,23)(H,19,20,21). The van der Waals surface area contributed by atoms with E-state index in [1.807, 2.05) is 0 Å². The summed E-state index contributed by atoms with van der Waals surface area (Å²) in [6, 6.07) is 8.16. The van der Waals surface area contributed by atoms with Crippen LogP contribution in [0.5, 0.6) is 5.75 Å². The molecule has 1 aromatic heterocycles. The second kappa shape index (κ2) is 5.73. The molecule has 0 spiro atoms. The zero-order valence-electron chi connectivity index (χ0n) is 12.2. The second-order valence-electron chi connectivity index (χ2n) is 5.10. The van der Waals surface area contributed by atoms with E-state index in [0.717, 1.165) is 0 Å². The molecule has 0 saturated heterocycles. The second-order valence-corrected chi connectivity index (χ2v) is 5.50. The molecule has 23 heavy (non-hydrogen) atoms. The number of carbonyl (C=O) groups excluding carboxylic acids is 1. The number of hydrogen-bond acceptors (Lipinski definition) is 4. The Labute approximate surface area is 136 Å². The van der Waals surface area contributed by atoms with Gasteiger partial charge in [0.05, 0.1) is 10.5 Å². The van der Waals surface area contributed by atoms with Crippen molar-refractivity contribution in [2.45, 2.75) is 6.92 Å². The first-order chi connectivity index (χ1) is 11.0. The van der Waals surface area contributed by atoms with Crippen molar-refractivity contribution in [2.75, 3.05) is 5.32 Å². The lowest BCUT2D eigenvalue weighted by molar-refractivity contribution is -0.112. The van der Waals surface area contributed by atoms with Gasteiger partial charge < -0.3 is 10.4 Å². The number of H-pyrrole nitrogens is 1. The molecule has 2 aromatic carbocycles. The van der Waals surface area contributed by atoms with Crippen molar-refractivity contribution < 1.29 is 9.90 Å². The number of carbonyl (C=O) groups is 1. The number of hydrogen-bond donors (Lipinski definition) is 3. The maximum atomic E-state index is 11.8. The molecule has 1 amide bonds. The van der Waals surface area contributed by atoms with E-state index >= 15 is 0 Å². The van der Waals surface area contributed by atoms with E-state index in [-0.39, 0.29) is 11.7 Å². The van der Waals surface area contributed by atoms with Crippen molar-refractivity contribution in [1.29, 1.82) is 0 Å². The van der Waals surface area contributed by atoms with Crippen LogP contribution < -0.4 is 5.32 Å². The number of benzene rings is 2. The molecule has 3 N–H and O–H groups in total. The van der Waals surface area contributed by atoms with Gasteiger partial charge in [-0.1, -0.05) is 23.4 Å². The van der Waals surface area contributed by atoms with E-state index in [9.17, 15) is 9.90 Å². The molecule has 116 valence electrons. The Kier molecular flexibility index (Phi) is 3.75. The smallest absolute Gasteiger partial charge is 0.250 e. The predicted molar refractivity (Wildman–Crippen MR) is 89.4 cm³/mol. The molecule has 0 atom stereocenters. The minimum atomic E-state index is -0.299. The molecule has 0 aliphatic carbocycles. The fourth-order valence-corrected chi connectivity index (χ4v) is 2.45. The van der Waals surface area contributed by atoms with Crippen LogP contribution in [0.25, 0.3) is 22.2 Å². The number of aromatic nitrogens is 3. The average molecular weight is 329 g/mol. The summed E-state index contributed by atoms with van der Waals surface area (Å²) in [7, 11) is 0. The highest BCUT2D eigenvalue weighted by molar-refractivity contribution is 6.35. The highest BCUT2D eigenvalue weighted by atomic mass is 35.5. The van der Waals surface area contributed by atoms with Gasteiger partial charge >= 0.3 is 0 Å². The van der Waals surface area contributed by atoms with Crippen LogP contribution in [-0.2, 0) is 4.79 Å². The Morgan fingerprint density at radius 3 is 2.87 bits per heavy atom. The minimum Gasteiger partial charge on any atom is -0.507 e. The van der Waals surface area contributed by atoms with Crippen molar-refractivity contribution in [1.82, 2.24) is 15.4 Å². The molecule has 0 fully saturated rings. The van der Waals surface area contributed by atoms with Crippen LogP contribution in [0.3, 0.4) is 0 Å². The lowest BCUT2D eigenvalue weighted by atomic mass is 10.0. The van der Waals surface area contributed by atoms with E-state index in [4.69, 9.17) is 11.6 Å². The number of anilines is 1. The molecule has 7 heteroatoms. The van der Waals surface area contributed by atoms with Crippen LogP contribution >= 0.6 is 11.6 Å². The summed E-state index contributed by atoms with van der Waals surface area (Å²) in [5.74, 6) is -0.275.